The molecular weight excluding hydrogens is 282 g/mol. The first-order chi connectivity index (χ1) is 10.7. The molecule has 0 bridgehead atoms. The lowest BCUT2D eigenvalue weighted by Gasteiger charge is -2.10. The molecule has 3 rings (SSSR count). The number of aromatic nitrogens is 2. The zero-order valence-corrected chi connectivity index (χ0v) is 13.2. The Hall–Kier alpha value is -1.56. The summed E-state index contributed by atoms with van der Waals surface area (Å²) < 4.78 is 12.2. The molecule has 1 saturated heterocycles. The van der Waals surface area contributed by atoms with Crippen molar-refractivity contribution >= 4 is 6.03 Å². The number of hydrogen-bond donors (Lipinski definition) is 1. The second-order valence-corrected chi connectivity index (χ2v) is 6.35. The van der Waals surface area contributed by atoms with E-state index in [-0.39, 0.29) is 5.92 Å². The summed E-state index contributed by atoms with van der Waals surface area (Å²) in [5.74, 6) is 1.19. The number of ether oxygens (including phenoxy) is 2. The molecule has 22 heavy (non-hydrogen) atoms. The lowest BCUT2D eigenvalue weighted by atomic mass is 10.00. The maximum Gasteiger partial charge on any atom is 0.327 e. The van der Waals surface area contributed by atoms with E-state index < -0.39 is 6.03 Å². The zero-order chi connectivity index (χ0) is 15.5. The molecule has 2 N–H and O–H groups in total. The van der Waals surface area contributed by atoms with Crippen LogP contribution in [0.5, 0.6) is 6.01 Å². The van der Waals surface area contributed by atoms with Crippen molar-refractivity contribution in [2.75, 3.05) is 20.3 Å². The summed E-state index contributed by atoms with van der Waals surface area (Å²) in [5, 5.41) is 0. The number of imidazole rings is 1. The summed E-state index contributed by atoms with van der Waals surface area (Å²) in [6, 6.07) is -0.224. The van der Waals surface area contributed by atoms with Gasteiger partial charge < -0.3 is 15.2 Å². The van der Waals surface area contributed by atoms with Gasteiger partial charge in [0, 0.05) is 12.5 Å². The van der Waals surface area contributed by atoms with E-state index in [0.717, 1.165) is 43.2 Å². The molecule has 122 valence electrons. The minimum absolute atomic E-state index is 0.243. The van der Waals surface area contributed by atoms with Crippen molar-refractivity contribution in [2.45, 2.75) is 50.9 Å². The van der Waals surface area contributed by atoms with Gasteiger partial charge in [0.15, 0.2) is 0 Å². The minimum Gasteiger partial charge on any atom is -0.468 e. The van der Waals surface area contributed by atoms with E-state index in [4.69, 9.17) is 15.2 Å². The Labute approximate surface area is 131 Å². The normalized spacial score (nSPS) is 21.2. The number of methoxy groups -OCH3 is 1. The highest BCUT2D eigenvalue weighted by molar-refractivity contribution is 5.77. The van der Waals surface area contributed by atoms with Crippen molar-refractivity contribution < 1.29 is 14.3 Å². The maximum absolute atomic E-state index is 11.8. The molecule has 0 spiro atoms. The number of carbonyl (C=O) groups is 1. The van der Waals surface area contributed by atoms with Gasteiger partial charge in [-0.3, -0.25) is 0 Å². The highest BCUT2D eigenvalue weighted by Gasteiger charge is 2.29. The molecule has 2 heterocycles. The van der Waals surface area contributed by atoms with Gasteiger partial charge in [-0.2, -0.15) is 4.98 Å². The summed E-state index contributed by atoms with van der Waals surface area (Å²) in [4.78, 5) is 16.3. The number of amides is 1. The molecular formula is C16H25N3O3. The van der Waals surface area contributed by atoms with E-state index in [2.05, 4.69) is 4.98 Å². The van der Waals surface area contributed by atoms with Gasteiger partial charge in [0.25, 0.3) is 0 Å². The fourth-order valence-corrected chi connectivity index (χ4v) is 3.26. The van der Waals surface area contributed by atoms with Crippen LogP contribution in [0.25, 0.3) is 0 Å². The first-order valence-corrected chi connectivity index (χ1v) is 8.23. The van der Waals surface area contributed by atoms with Crippen molar-refractivity contribution in [1.29, 1.82) is 0 Å². The van der Waals surface area contributed by atoms with Crippen LogP contribution in [0.15, 0.2) is 0 Å². The molecule has 6 heteroatoms. The van der Waals surface area contributed by atoms with Crippen molar-refractivity contribution in [1.82, 2.24) is 9.55 Å². The average molecular weight is 307 g/mol. The third-order valence-corrected chi connectivity index (χ3v) is 4.67. The number of primary amides is 1. The highest BCUT2D eigenvalue weighted by Crippen LogP contribution is 2.35. The first kappa shape index (κ1) is 15.3. The maximum atomic E-state index is 11.8. The quantitative estimate of drug-likeness (QED) is 0.785. The van der Waals surface area contributed by atoms with Crippen LogP contribution in [0.1, 0.15) is 55.8 Å². The monoisotopic (exact) mass is 307 g/mol. The summed E-state index contributed by atoms with van der Waals surface area (Å²) in [5.41, 5.74) is 7.38. The standard InChI is InChI=1S/C16H25N3O3/c1-21-16-18-14(12-8-9-22-10-12)13(19(16)15(17)20)5-3-2-4-11-6-7-11/h11-12H,2-10H2,1H3,(H2,17,20). The fourth-order valence-electron chi connectivity index (χ4n) is 3.26. The van der Waals surface area contributed by atoms with E-state index in [1.165, 1.54) is 37.4 Å². The predicted molar refractivity (Wildman–Crippen MR) is 82.2 cm³/mol. The molecule has 2 fully saturated rings. The Kier molecular flexibility index (Phi) is 4.66. The van der Waals surface area contributed by atoms with Crippen LogP contribution in [0.4, 0.5) is 4.79 Å². The predicted octanol–water partition coefficient (Wildman–Crippen LogP) is 2.45. The Balaban J connectivity index is 1.78. The fraction of sp³-hybridized carbons (Fsp3) is 0.750. The molecule has 1 aliphatic heterocycles. The molecule has 1 atom stereocenters. The smallest absolute Gasteiger partial charge is 0.327 e. The van der Waals surface area contributed by atoms with Gasteiger partial charge in [-0.05, 0) is 25.2 Å². The molecule has 0 aromatic carbocycles. The van der Waals surface area contributed by atoms with Crippen LogP contribution in [-0.4, -0.2) is 35.9 Å². The largest absolute Gasteiger partial charge is 0.468 e. The molecule has 1 saturated carbocycles. The Morgan fingerprint density at radius 1 is 1.41 bits per heavy atom. The van der Waals surface area contributed by atoms with E-state index in [1.54, 1.807) is 0 Å². The van der Waals surface area contributed by atoms with Crippen LogP contribution in [0.3, 0.4) is 0 Å². The summed E-state index contributed by atoms with van der Waals surface area (Å²) in [7, 11) is 1.52. The summed E-state index contributed by atoms with van der Waals surface area (Å²) >= 11 is 0. The van der Waals surface area contributed by atoms with Crippen molar-refractivity contribution in [2.24, 2.45) is 11.7 Å². The Morgan fingerprint density at radius 2 is 2.23 bits per heavy atom. The molecule has 0 radical (unpaired) electrons. The molecule has 1 aromatic rings. The highest BCUT2D eigenvalue weighted by atomic mass is 16.5. The second-order valence-electron chi connectivity index (χ2n) is 6.35. The van der Waals surface area contributed by atoms with E-state index in [0.29, 0.717) is 12.6 Å². The molecule has 6 nitrogen and oxygen atoms in total. The van der Waals surface area contributed by atoms with Crippen LogP contribution < -0.4 is 10.5 Å². The van der Waals surface area contributed by atoms with Crippen LogP contribution in [0.2, 0.25) is 0 Å². The number of nitrogens with zero attached hydrogens (tertiary/aromatic N) is 2. The molecule has 1 amide bonds. The molecule has 1 aliphatic carbocycles. The number of unbranched alkanes of at least 4 members (excludes halogenated alkanes) is 1. The van der Waals surface area contributed by atoms with Gasteiger partial charge in [0.1, 0.15) is 0 Å². The topological polar surface area (TPSA) is 79.4 Å². The van der Waals surface area contributed by atoms with Gasteiger partial charge in [0.2, 0.25) is 0 Å². The van der Waals surface area contributed by atoms with E-state index >= 15 is 0 Å². The zero-order valence-electron chi connectivity index (χ0n) is 13.2. The number of nitrogens with two attached hydrogens (primary N) is 1. The Morgan fingerprint density at radius 3 is 2.82 bits per heavy atom. The summed E-state index contributed by atoms with van der Waals surface area (Å²) in [6.45, 7) is 1.41. The van der Waals surface area contributed by atoms with E-state index in [1.807, 2.05) is 0 Å². The number of rotatable bonds is 7. The first-order valence-electron chi connectivity index (χ1n) is 8.23. The van der Waals surface area contributed by atoms with Crippen molar-refractivity contribution in [3.05, 3.63) is 11.4 Å². The van der Waals surface area contributed by atoms with Gasteiger partial charge in [-0.1, -0.05) is 25.7 Å². The van der Waals surface area contributed by atoms with Gasteiger partial charge in [-0.15, -0.1) is 0 Å². The van der Waals surface area contributed by atoms with Crippen LogP contribution >= 0.6 is 0 Å². The Bertz CT molecular complexity index is 531. The van der Waals surface area contributed by atoms with Crippen LogP contribution in [0, 0.1) is 5.92 Å². The van der Waals surface area contributed by atoms with Crippen LogP contribution in [-0.2, 0) is 11.2 Å². The lowest BCUT2D eigenvalue weighted by molar-refractivity contribution is 0.193. The van der Waals surface area contributed by atoms with Gasteiger partial charge in [0.05, 0.1) is 25.1 Å². The lowest BCUT2D eigenvalue weighted by Crippen LogP contribution is -2.23. The van der Waals surface area contributed by atoms with Crippen molar-refractivity contribution in [3.8, 4) is 6.01 Å². The summed E-state index contributed by atoms with van der Waals surface area (Å²) in [6.07, 6.45) is 8.07. The molecule has 2 aliphatic rings. The molecule has 1 unspecified atom stereocenters. The van der Waals surface area contributed by atoms with Crippen molar-refractivity contribution in [3.63, 3.8) is 0 Å². The number of carbonyl (C=O) groups excluding carboxylic acids is 1. The third kappa shape index (κ3) is 3.27. The molecule has 1 aromatic heterocycles. The van der Waals surface area contributed by atoms with Gasteiger partial charge >= 0.3 is 12.0 Å². The number of hydrogen-bond acceptors (Lipinski definition) is 4. The SMILES string of the molecule is COc1nc(C2CCOC2)c(CCCCC2CC2)n1C(N)=O. The second kappa shape index (κ2) is 6.69. The third-order valence-electron chi connectivity index (χ3n) is 4.67. The average Bonchev–Trinajstić information content (AvgIpc) is 3.02. The van der Waals surface area contributed by atoms with Gasteiger partial charge in [-0.25, -0.2) is 9.36 Å². The minimum atomic E-state index is -0.522. The van der Waals surface area contributed by atoms with E-state index in [9.17, 15) is 4.79 Å².